The number of halogens is 2. The van der Waals surface area contributed by atoms with Gasteiger partial charge in [-0.2, -0.15) is 4.98 Å². The summed E-state index contributed by atoms with van der Waals surface area (Å²) in [5.74, 6) is 0.403. The van der Waals surface area contributed by atoms with Crippen molar-refractivity contribution in [2.45, 2.75) is 18.9 Å². The largest absolute Gasteiger partial charge is 0.368 e. The molecule has 0 aliphatic carbocycles. The van der Waals surface area contributed by atoms with Crippen molar-refractivity contribution in [3.05, 3.63) is 34.9 Å². The Kier molecular flexibility index (Phi) is 3.01. The second-order valence-electron chi connectivity index (χ2n) is 4.08. The summed E-state index contributed by atoms with van der Waals surface area (Å²) in [4.78, 5) is 4.24. The molecular weight excluding hydrogens is 259 g/mol. The first-order valence-corrected chi connectivity index (χ1v) is 6.02. The van der Waals surface area contributed by atoms with Crippen molar-refractivity contribution in [2.24, 2.45) is 0 Å². The van der Waals surface area contributed by atoms with Gasteiger partial charge >= 0.3 is 0 Å². The van der Waals surface area contributed by atoms with Crippen LogP contribution in [0, 0.1) is 5.82 Å². The molecule has 2 aromatic rings. The molecule has 0 saturated carbocycles. The van der Waals surface area contributed by atoms with Gasteiger partial charge < -0.3 is 9.26 Å². The molecule has 1 aliphatic rings. The number of benzene rings is 1. The van der Waals surface area contributed by atoms with E-state index in [2.05, 4.69) is 10.1 Å². The molecule has 0 radical (unpaired) electrons. The molecule has 1 fully saturated rings. The Bertz CT molecular complexity index is 567. The van der Waals surface area contributed by atoms with Crippen molar-refractivity contribution in [3.63, 3.8) is 0 Å². The third-order valence-electron chi connectivity index (χ3n) is 2.82. The summed E-state index contributed by atoms with van der Waals surface area (Å²) < 4.78 is 23.5. The van der Waals surface area contributed by atoms with E-state index in [1.165, 1.54) is 18.2 Å². The second kappa shape index (κ2) is 4.66. The standard InChI is InChI=1S/C12H10ClFN2O2/c13-9-6-7(14)3-4-8(9)11-15-12(18-16-11)10-2-1-5-17-10/h3-4,6,10H,1-2,5H2. The molecule has 1 aromatic carbocycles. The van der Waals surface area contributed by atoms with E-state index >= 15 is 0 Å². The monoisotopic (exact) mass is 268 g/mol. The fourth-order valence-corrected chi connectivity index (χ4v) is 2.17. The highest BCUT2D eigenvalue weighted by Gasteiger charge is 2.24. The molecule has 1 unspecified atom stereocenters. The van der Waals surface area contributed by atoms with E-state index in [1.807, 2.05) is 0 Å². The summed E-state index contributed by atoms with van der Waals surface area (Å²) in [7, 11) is 0. The van der Waals surface area contributed by atoms with Crippen LogP contribution in [0.5, 0.6) is 0 Å². The van der Waals surface area contributed by atoms with Gasteiger partial charge in [0.15, 0.2) is 0 Å². The van der Waals surface area contributed by atoms with Crippen LogP contribution in [-0.2, 0) is 4.74 Å². The van der Waals surface area contributed by atoms with Gasteiger partial charge in [-0.3, -0.25) is 0 Å². The summed E-state index contributed by atoms with van der Waals surface area (Å²) in [5, 5.41) is 4.11. The predicted octanol–water partition coefficient (Wildman–Crippen LogP) is 3.38. The van der Waals surface area contributed by atoms with Crippen LogP contribution in [0.15, 0.2) is 22.7 Å². The molecule has 1 aromatic heterocycles. The fourth-order valence-electron chi connectivity index (χ4n) is 1.92. The highest BCUT2D eigenvalue weighted by molar-refractivity contribution is 6.33. The van der Waals surface area contributed by atoms with Gasteiger partial charge in [0.2, 0.25) is 5.82 Å². The lowest BCUT2D eigenvalue weighted by Crippen LogP contribution is -1.95. The predicted molar refractivity (Wildman–Crippen MR) is 62.6 cm³/mol. The number of hydrogen-bond acceptors (Lipinski definition) is 4. The van der Waals surface area contributed by atoms with Gasteiger partial charge in [-0.15, -0.1) is 0 Å². The SMILES string of the molecule is Fc1ccc(-c2noc(C3CCCO3)n2)c(Cl)c1. The molecule has 6 heteroatoms. The number of nitrogens with zero attached hydrogens (tertiary/aromatic N) is 2. The Labute approximate surface area is 108 Å². The van der Waals surface area contributed by atoms with Crippen molar-refractivity contribution in [1.29, 1.82) is 0 Å². The molecule has 0 spiro atoms. The second-order valence-corrected chi connectivity index (χ2v) is 4.49. The first-order valence-electron chi connectivity index (χ1n) is 5.64. The van der Waals surface area contributed by atoms with E-state index in [-0.39, 0.29) is 11.1 Å². The van der Waals surface area contributed by atoms with Crippen molar-refractivity contribution in [2.75, 3.05) is 6.61 Å². The summed E-state index contributed by atoms with van der Waals surface area (Å²) in [6, 6.07) is 4.06. The van der Waals surface area contributed by atoms with Gasteiger partial charge in [-0.1, -0.05) is 16.8 Å². The maximum absolute atomic E-state index is 12.9. The zero-order chi connectivity index (χ0) is 12.5. The minimum Gasteiger partial charge on any atom is -0.368 e. The first-order chi connectivity index (χ1) is 8.74. The van der Waals surface area contributed by atoms with Crippen LogP contribution in [0.2, 0.25) is 5.02 Å². The maximum Gasteiger partial charge on any atom is 0.256 e. The lowest BCUT2D eigenvalue weighted by Gasteiger charge is -2.01. The van der Waals surface area contributed by atoms with Crippen molar-refractivity contribution in [3.8, 4) is 11.4 Å². The molecule has 1 atom stereocenters. The molecule has 1 saturated heterocycles. The Morgan fingerprint density at radius 3 is 3.00 bits per heavy atom. The minimum absolute atomic E-state index is 0.134. The molecule has 0 amide bonds. The summed E-state index contributed by atoms with van der Waals surface area (Å²) in [6.07, 6.45) is 1.73. The average Bonchev–Trinajstić information content (AvgIpc) is 2.99. The molecule has 4 nitrogen and oxygen atoms in total. The number of rotatable bonds is 2. The van der Waals surface area contributed by atoms with E-state index in [9.17, 15) is 4.39 Å². The number of ether oxygens (including phenoxy) is 1. The maximum atomic E-state index is 12.9. The average molecular weight is 269 g/mol. The van der Waals surface area contributed by atoms with Gasteiger partial charge in [-0.25, -0.2) is 4.39 Å². The van der Waals surface area contributed by atoms with Crippen LogP contribution in [-0.4, -0.2) is 16.7 Å². The normalized spacial score (nSPS) is 19.3. The number of aromatic nitrogens is 2. The zero-order valence-electron chi connectivity index (χ0n) is 9.40. The van der Waals surface area contributed by atoms with Gasteiger partial charge in [0.05, 0.1) is 5.02 Å². The Hall–Kier alpha value is -1.46. The van der Waals surface area contributed by atoms with Crippen molar-refractivity contribution >= 4 is 11.6 Å². The Balaban J connectivity index is 1.92. The van der Waals surface area contributed by atoms with Crippen LogP contribution in [0.4, 0.5) is 4.39 Å². The molecule has 94 valence electrons. The molecule has 1 aliphatic heterocycles. The van der Waals surface area contributed by atoms with Gasteiger partial charge in [0.1, 0.15) is 11.9 Å². The van der Waals surface area contributed by atoms with Crippen LogP contribution in [0.3, 0.4) is 0 Å². The summed E-state index contributed by atoms with van der Waals surface area (Å²) >= 11 is 5.94. The smallest absolute Gasteiger partial charge is 0.256 e. The van der Waals surface area contributed by atoms with E-state index in [1.54, 1.807) is 0 Å². The van der Waals surface area contributed by atoms with Crippen LogP contribution in [0.1, 0.15) is 24.8 Å². The summed E-state index contributed by atoms with van der Waals surface area (Å²) in [5.41, 5.74) is 0.547. The van der Waals surface area contributed by atoms with Gasteiger partial charge in [0.25, 0.3) is 5.89 Å². The minimum atomic E-state index is -0.397. The molecule has 2 heterocycles. The highest BCUT2D eigenvalue weighted by Crippen LogP contribution is 2.31. The first kappa shape index (κ1) is 11.6. The molecule has 18 heavy (non-hydrogen) atoms. The van der Waals surface area contributed by atoms with Crippen LogP contribution < -0.4 is 0 Å². The molecule has 3 rings (SSSR count). The van der Waals surface area contributed by atoms with E-state index < -0.39 is 5.82 Å². The Morgan fingerprint density at radius 2 is 2.28 bits per heavy atom. The molecule has 0 N–H and O–H groups in total. The quantitative estimate of drug-likeness (QED) is 0.838. The van der Waals surface area contributed by atoms with Crippen molar-refractivity contribution < 1.29 is 13.7 Å². The summed E-state index contributed by atoms with van der Waals surface area (Å²) in [6.45, 7) is 0.708. The molecule has 0 bridgehead atoms. The van der Waals surface area contributed by atoms with Crippen LogP contribution >= 0.6 is 11.6 Å². The number of hydrogen-bond donors (Lipinski definition) is 0. The lowest BCUT2D eigenvalue weighted by atomic mass is 10.2. The lowest BCUT2D eigenvalue weighted by molar-refractivity contribution is 0.0835. The van der Waals surface area contributed by atoms with E-state index in [0.717, 1.165) is 12.8 Å². The molecular formula is C12H10ClFN2O2. The Morgan fingerprint density at radius 1 is 1.39 bits per heavy atom. The zero-order valence-corrected chi connectivity index (χ0v) is 10.2. The van der Waals surface area contributed by atoms with Gasteiger partial charge in [-0.05, 0) is 31.0 Å². The highest BCUT2D eigenvalue weighted by atomic mass is 35.5. The fraction of sp³-hybridized carbons (Fsp3) is 0.333. The van der Waals surface area contributed by atoms with Gasteiger partial charge in [0, 0.05) is 12.2 Å². The van der Waals surface area contributed by atoms with Crippen LogP contribution in [0.25, 0.3) is 11.4 Å². The van der Waals surface area contributed by atoms with E-state index in [4.69, 9.17) is 20.9 Å². The van der Waals surface area contributed by atoms with E-state index in [0.29, 0.717) is 23.9 Å². The van der Waals surface area contributed by atoms with Crippen molar-refractivity contribution in [1.82, 2.24) is 10.1 Å². The third kappa shape index (κ3) is 2.11. The third-order valence-corrected chi connectivity index (χ3v) is 3.13. The topological polar surface area (TPSA) is 48.2 Å².